The highest BCUT2D eigenvalue weighted by Crippen LogP contribution is 2.21. The van der Waals surface area contributed by atoms with E-state index in [2.05, 4.69) is 25.3 Å². The predicted molar refractivity (Wildman–Crippen MR) is 71.0 cm³/mol. The third kappa shape index (κ3) is 2.00. The number of aromatic nitrogens is 4. The number of alkyl halides is 1. The number of halogens is 1. The molecular formula is C12H10ClN5. The predicted octanol–water partition coefficient (Wildman–Crippen LogP) is 2.84. The molecule has 0 fully saturated rings. The number of hydrogen-bond acceptors (Lipinski definition) is 4. The van der Waals surface area contributed by atoms with Gasteiger partial charge in [0.15, 0.2) is 11.5 Å². The summed E-state index contributed by atoms with van der Waals surface area (Å²) in [4.78, 5) is 15.4. The third-order valence-electron chi connectivity index (χ3n) is 2.57. The van der Waals surface area contributed by atoms with E-state index in [-0.39, 0.29) is 0 Å². The zero-order valence-corrected chi connectivity index (χ0v) is 10.1. The molecule has 3 aromatic rings. The van der Waals surface area contributed by atoms with Crippen LogP contribution in [0, 0.1) is 0 Å². The summed E-state index contributed by atoms with van der Waals surface area (Å²) in [5.41, 5.74) is 3.41. The van der Waals surface area contributed by atoms with E-state index in [0.717, 1.165) is 16.8 Å². The van der Waals surface area contributed by atoms with Crippen molar-refractivity contribution >= 4 is 34.3 Å². The largest absolute Gasteiger partial charge is 0.340 e. The van der Waals surface area contributed by atoms with Gasteiger partial charge in [-0.05, 0) is 17.7 Å². The van der Waals surface area contributed by atoms with Crippen LogP contribution in [0.2, 0.25) is 0 Å². The van der Waals surface area contributed by atoms with Crippen molar-refractivity contribution in [3.8, 4) is 0 Å². The van der Waals surface area contributed by atoms with Crippen LogP contribution in [0.5, 0.6) is 0 Å². The molecule has 0 aliphatic rings. The van der Waals surface area contributed by atoms with Crippen molar-refractivity contribution < 1.29 is 0 Å². The minimum Gasteiger partial charge on any atom is -0.340 e. The molecule has 0 radical (unpaired) electrons. The number of anilines is 2. The van der Waals surface area contributed by atoms with Gasteiger partial charge in [-0.25, -0.2) is 15.0 Å². The number of H-pyrrole nitrogens is 1. The second kappa shape index (κ2) is 4.62. The van der Waals surface area contributed by atoms with Gasteiger partial charge in [0.25, 0.3) is 0 Å². The van der Waals surface area contributed by atoms with Gasteiger partial charge in [-0.15, -0.1) is 11.6 Å². The summed E-state index contributed by atoms with van der Waals surface area (Å²) < 4.78 is 0. The number of nitrogens with zero attached hydrogens (tertiary/aromatic N) is 3. The standard InChI is InChI=1S/C12H10ClN5/c13-5-8-2-1-3-9(4-8)18-12-10-11(15-6-14-10)16-7-17-12/h1-4,6-7H,5H2,(H2,14,15,16,17,18). The van der Waals surface area contributed by atoms with Crippen LogP contribution in [0.3, 0.4) is 0 Å². The van der Waals surface area contributed by atoms with Gasteiger partial charge in [0.05, 0.1) is 6.33 Å². The Labute approximate surface area is 108 Å². The summed E-state index contributed by atoms with van der Waals surface area (Å²) in [7, 11) is 0. The fourth-order valence-electron chi connectivity index (χ4n) is 1.73. The summed E-state index contributed by atoms with van der Waals surface area (Å²) in [5.74, 6) is 1.18. The summed E-state index contributed by atoms with van der Waals surface area (Å²) >= 11 is 5.81. The minimum absolute atomic E-state index is 0.485. The molecule has 0 atom stereocenters. The third-order valence-corrected chi connectivity index (χ3v) is 2.88. The van der Waals surface area contributed by atoms with E-state index in [4.69, 9.17) is 11.6 Å². The summed E-state index contributed by atoms with van der Waals surface area (Å²) in [5, 5.41) is 3.23. The van der Waals surface area contributed by atoms with Gasteiger partial charge in [-0.3, -0.25) is 0 Å². The normalized spacial score (nSPS) is 10.7. The molecule has 3 rings (SSSR count). The van der Waals surface area contributed by atoms with Crippen molar-refractivity contribution in [2.45, 2.75) is 5.88 Å². The van der Waals surface area contributed by atoms with Crippen LogP contribution in [-0.2, 0) is 5.88 Å². The van der Waals surface area contributed by atoms with Gasteiger partial charge in [-0.1, -0.05) is 12.1 Å². The molecule has 2 heterocycles. The Morgan fingerprint density at radius 1 is 1.22 bits per heavy atom. The first-order valence-corrected chi connectivity index (χ1v) is 5.96. The number of imidazole rings is 1. The number of nitrogens with one attached hydrogen (secondary N) is 2. The number of hydrogen-bond donors (Lipinski definition) is 2. The smallest absolute Gasteiger partial charge is 0.182 e. The van der Waals surface area contributed by atoms with Crippen molar-refractivity contribution in [3.05, 3.63) is 42.5 Å². The molecule has 2 N–H and O–H groups in total. The monoisotopic (exact) mass is 259 g/mol. The average molecular weight is 260 g/mol. The van der Waals surface area contributed by atoms with Crippen LogP contribution in [-0.4, -0.2) is 19.9 Å². The van der Waals surface area contributed by atoms with Crippen LogP contribution in [0.4, 0.5) is 11.5 Å². The van der Waals surface area contributed by atoms with Crippen molar-refractivity contribution in [1.82, 2.24) is 19.9 Å². The van der Waals surface area contributed by atoms with Gasteiger partial charge in [-0.2, -0.15) is 0 Å². The first-order valence-electron chi connectivity index (χ1n) is 5.43. The molecule has 18 heavy (non-hydrogen) atoms. The molecule has 0 unspecified atom stereocenters. The highest BCUT2D eigenvalue weighted by atomic mass is 35.5. The second-order valence-corrected chi connectivity index (χ2v) is 4.05. The molecule has 6 heteroatoms. The Bertz CT molecular complexity index is 679. The molecule has 5 nitrogen and oxygen atoms in total. The Hall–Kier alpha value is -2.14. The topological polar surface area (TPSA) is 66.5 Å². The maximum atomic E-state index is 5.81. The first-order chi connectivity index (χ1) is 8.86. The number of fused-ring (bicyclic) bond motifs is 1. The van der Waals surface area contributed by atoms with Gasteiger partial charge in [0.2, 0.25) is 0 Å². The van der Waals surface area contributed by atoms with Gasteiger partial charge in [0, 0.05) is 11.6 Å². The van der Waals surface area contributed by atoms with E-state index >= 15 is 0 Å². The zero-order chi connectivity index (χ0) is 12.4. The van der Waals surface area contributed by atoms with E-state index in [0.29, 0.717) is 17.3 Å². The van der Waals surface area contributed by atoms with Gasteiger partial charge in [0.1, 0.15) is 11.8 Å². The fourth-order valence-corrected chi connectivity index (χ4v) is 1.89. The van der Waals surface area contributed by atoms with Crippen molar-refractivity contribution in [1.29, 1.82) is 0 Å². The fraction of sp³-hybridized carbons (Fsp3) is 0.0833. The highest BCUT2D eigenvalue weighted by Gasteiger charge is 2.05. The lowest BCUT2D eigenvalue weighted by Gasteiger charge is -2.06. The van der Waals surface area contributed by atoms with Crippen molar-refractivity contribution in [2.75, 3.05) is 5.32 Å². The number of aromatic amines is 1. The lowest BCUT2D eigenvalue weighted by molar-refractivity contribution is 1.20. The van der Waals surface area contributed by atoms with Crippen LogP contribution in [0.1, 0.15) is 5.56 Å². The minimum atomic E-state index is 0.485. The van der Waals surface area contributed by atoms with E-state index in [1.165, 1.54) is 6.33 Å². The Morgan fingerprint density at radius 3 is 3.06 bits per heavy atom. The highest BCUT2D eigenvalue weighted by molar-refractivity contribution is 6.17. The Balaban J connectivity index is 1.98. The molecule has 0 spiro atoms. The maximum Gasteiger partial charge on any atom is 0.182 e. The zero-order valence-electron chi connectivity index (χ0n) is 9.39. The lowest BCUT2D eigenvalue weighted by atomic mass is 10.2. The lowest BCUT2D eigenvalue weighted by Crippen LogP contribution is -1.96. The van der Waals surface area contributed by atoms with Crippen molar-refractivity contribution in [3.63, 3.8) is 0 Å². The molecule has 0 saturated heterocycles. The van der Waals surface area contributed by atoms with Crippen LogP contribution in [0.25, 0.3) is 11.2 Å². The molecule has 90 valence electrons. The van der Waals surface area contributed by atoms with Gasteiger partial charge >= 0.3 is 0 Å². The number of benzene rings is 1. The van der Waals surface area contributed by atoms with Crippen LogP contribution in [0.15, 0.2) is 36.9 Å². The van der Waals surface area contributed by atoms with Crippen LogP contribution < -0.4 is 5.32 Å². The molecule has 0 saturated carbocycles. The van der Waals surface area contributed by atoms with Crippen molar-refractivity contribution in [2.24, 2.45) is 0 Å². The average Bonchev–Trinajstić information content (AvgIpc) is 2.88. The van der Waals surface area contributed by atoms with Gasteiger partial charge < -0.3 is 10.3 Å². The molecule has 1 aromatic carbocycles. The Kier molecular flexibility index (Phi) is 2.82. The number of rotatable bonds is 3. The molecule has 0 bridgehead atoms. The summed E-state index contributed by atoms with van der Waals surface area (Å²) in [6.45, 7) is 0. The van der Waals surface area contributed by atoms with E-state index < -0.39 is 0 Å². The molecule has 0 aliphatic carbocycles. The molecule has 2 aromatic heterocycles. The maximum absolute atomic E-state index is 5.81. The SMILES string of the molecule is ClCc1cccc(Nc2ncnc3nc[nH]c23)c1. The van der Waals surface area contributed by atoms with Crippen LogP contribution >= 0.6 is 11.6 Å². The first kappa shape index (κ1) is 11.0. The second-order valence-electron chi connectivity index (χ2n) is 3.78. The van der Waals surface area contributed by atoms with E-state index in [1.807, 2.05) is 24.3 Å². The summed E-state index contributed by atoms with van der Waals surface area (Å²) in [6, 6.07) is 7.87. The van der Waals surface area contributed by atoms with E-state index in [1.54, 1.807) is 6.33 Å². The Morgan fingerprint density at radius 2 is 2.17 bits per heavy atom. The molecular weight excluding hydrogens is 250 g/mol. The quantitative estimate of drug-likeness (QED) is 0.710. The van der Waals surface area contributed by atoms with E-state index in [9.17, 15) is 0 Å². The summed E-state index contributed by atoms with van der Waals surface area (Å²) in [6.07, 6.45) is 3.08. The molecule has 0 aliphatic heterocycles. The molecule has 0 amide bonds.